The van der Waals surface area contributed by atoms with Crippen molar-refractivity contribution in [2.45, 2.75) is 53.1 Å². The van der Waals surface area contributed by atoms with Gasteiger partial charge >= 0.3 is 0 Å². The van der Waals surface area contributed by atoms with Crippen LogP contribution in [0, 0.1) is 24.7 Å². The first-order valence-electron chi connectivity index (χ1n) is 7.82. The number of thiocarbonyl (C=S) groups is 1. The van der Waals surface area contributed by atoms with Crippen LogP contribution in [0.2, 0.25) is 0 Å². The molecule has 1 aromatic heterocycles. The average Bonchev–Trinajstić information content (AvgIpc) is 2.37. The van der Waals surface area contributed by atoms with Crippen LogP contribution in [0.4, 0.5) is 0 Å². The van der Waals surface area contributed by atoms with E-state index in [-0.39, 0.29) is 6.10 Å². The van der Waals surface area contributed by atoms with Crippen LogP contribution in [0.25, 0.3) is 0 Å². The number of aromatic nitrogens is 1. The lowest BCUT2D eigenvalue weighted by Crippen LogP contribution is -2.36. The summed E-state index contributed by atoms with van der Waals surface area (Å²) in [7, 11) is 0. The Hall–Kier alpha value is -1.16. The molecule has 3 nitrogen and oxygen atoms in total. The van der Waals surface area contributed by atoms with Gasteiger partial charge in [0.1, 0.15) is 11.1 Å². The van der Waals surface area contributed by atoms with Crippen molar-refractivity contribution >= 4 is 17.2 Å². The van der Waals surface area contributed by atoms with E-state index in [2.05, 4.69) is 25.8 Å². The molecule has 0 saturated heterocycles. The van der Waals surface area contributed by atoms with Crippen molar-refractivity contribution in [1.29, 1.82) is 0 Å². The maximum Gasteiger partial charge on any atom is 0.214 e. The predicted octanol–water partition coefficient (Wildman–Crippen LogP) is 3.86. The molecule has 3 unspecified atom stereocenters. The SMILES string of the molecule is Cc1cc(C(N)=S)cc(OC2CC(C)CCC2C(C)C)n1. The van der Waals surface area contributed by atoms with Gasteiger partial charge in [0.2, 0.25) is 5.88 Å². The van der Waals surface area contributed by atoms with Gasteiger partial charge in [-0.15, -0.1) is 0 Å². The van der Waals surface area contributed by atoms with Gasteiger partial charge in [-0.1, -0.05) is 39.4 Å². The number of ether oxygens (including phenoxy) is 1. The summed E-state index contributed by atoms with van der Waals surface area (Å²) in [5.74, 6) is 2.59. The molecule has 3 atom stereocenters. The second kappa shape index (κ2) is 6.73. The largest absolute Gasteiger partial charge is 0.474 e. The smallest absolute Gasteiger partial charge is 0.214 e. The van der Waals surface area contributed by atoms with Crippen LogP contribution in [-0.4, -0.2) is 16.1 Å². The van der Waals surface area contributed by atoms with Crippen LogP contribution in [0.5, 0.6) is 5.88 Å². The summed E-state index contributed by atoms with van der Waals surface area (Å²) in [6.07, 6.45) is 3.86. The van der Waals surface area contributed by atoms with Gasteiger partial charge in [-0.3, -0.25) is 0 Å². The minimum atomic E-state index is 0.238. The standard InChI is InChI=1S/C17H26N2OS/c1-10(2)14-6-5-11(3)7-15(14)20-16-9-13(17(18)21)8-12(4)19-16/h8-11,14-15H,5-7H2,1-4H3,(H2,18,21). The van der Waals surface area contributed by atoms with Crippen LogP contribution in [0.3, 0.4) is 0 Å². The topological polar surface area (TPSA) is 48.1 Å². The molecule has 0 radical (unpaired) electrons. The maximum absolute atomic E-state index is 6.24. The number of nitrogens with two attached hydrogens (primary N) is 1. The van der Waals surface area contributed by atoms with Crippen molar-refractivity contribution in [2.24, 2.45) is 23.5 Å². The first kappa shape index (κ1) is 16.2. The third-order valence-electron chi connectivity index (χ3n) is 4.45. The second-order valence-electron chi connectivity index (χ2n) is 6.68. The molecule has 2 N–H and O–H groups in total. The maximum atomic E-state index is 6.24. The summed E-state index contributed by atoms with van der Waals surface area (Å²) in [5.41, 5.74) is 7.45. The fourth-order valence-corrected chi connectivity index (χ4v) is 3.36. The van der Waals surface area contributed by atoms with Crippen molar-refractivity contribution in [3.63, 3.8) is 0 Å². The van der Waals surface area contributed by atoms with Gasteiger partial charge in [0.25, 0.3) is 0 Å². The molecule has 1 fully saturated rings. The number of nitrogens with zero attached hydrogens (tertiary/aromatic N) is 1. The molecule has 1 aliphatic rings. The van der Waals surface area contributed by atoms with E-state index in [1.165, 1.54) is 12.8 Å². The summed E-state index contributed by atoms with van der Waals surface area (Å²) in [6.45, 7) is 8.80. The number of hydrogen-bond donors (Lipinski definition) is 1. The first-order valence-corrected chi connectivity index (χ1v) is 8.22. The molecule has 4 heteroatoms. The highest BCUT2D eigenvalue weighted by atomic mass is 32.1. The second-order valence-corrected chi connectivity index (χ2v) is 7.12. The van der Waals surface area contributed by atoms with Crippen LogP contribution >= 0.6 is 12.2 Å². The number of rotatable bonds is 4. The Morgan fingerprint density at radius 1 is 1.38 bits per heavy atom. The van der Waals surface area contributed by atoms with Gasteiger partial charge in [-0.05, 0) is 43.6 Å². The van der Waals surface area contributed by atoms with Crippen LogP contribution in [-0.2, 0) is 0 Å². The minimum Gasteiger partial charge on any atom is -0.474 e. The molecule has 0 spiro atoms. The third-order valence-corrected chi connectivity index (χ3v) is 4.68. The molecular formula is C17H26N2OS. The molecule has 21 heavy (non-hydrogen) atoms. The van der Waals surface area contributed by atoms with Gasteiger partial charge in [0.05, 0.1) is 0 Å². The van der Waals surface area contributed by atoms with E-state index in [9.17, 15) is 0 Å². The zero-order chi connectivity index (χ0) is 15.6. The summed E-state index contributed by atoms with van der Waals surface area (Å²) >= 11 is 5.06. The minimum absolute atomic E-state index is 0.238. The lowest BCUT2D eigenvalue weighted by Gasteiger charge is -2.37. The summed E-state index contributed by atoms with van der Waals surface area (Å²) in [5, 5.41) is 0. The number of aryl methyl sites for hydroxylation is 1. The number of pyridine rings is 1. The average molecular weight is 306 g/mol. The fourth-order valence-electron chi connectivity index (χ4n) is 3.25. The normalized spacial score (nSPS) is 25.9. The third kappa shape index (κ3) is 4.16. The molecule has 0 aromatic carbocycles. The Labute approximate surface area is 133 Å². The first-order chi connectivity index (χ1) is 9.86. The molecule has 2 rings (SSSR count). The van der Waals surface area contributed by atoms with Crippen molar-refractivity contribution in [2.75, 3.05) is 0 Å². The number of hydrogen-bond acceptors (Lipinski definition) is 3. The molecule has 1 saturated carbocycles. The van der Waals surface area contributed by atoms with E-state index in [1.807, 2.05) is 19.1 Å². The van der Waals surface area contributed by atoms with Crippen molar-refractivity contribution in [3.05, 3.63) is 23.4 Å². The predicted molar refractivity (Wildman–Crippen MR) is 90.6 cm³/mol. The van der Waals surface area contributed by atoms with Gasteiger partial charge in [0, 0.05) is 17.3 Å². The lowest BCUT2D eigenvalue weighted by molar-refractivity contribution is 0.0425. The van der Waals surface area contributed by atoms with Crippen LogP contribution < -0.4 is 10.5 Å². The summed E-state index contributed by atoms with van der Waals surface area (Å²) < 4.78 is 6.24. The molecule has 0 amide bonds. The molecule has 116 valence electrons. The van der Waals surface area contributed by atoms with Crippen molar-refractivity contribution < 1.29 is 4.74 Å². The molecule has 1 heterocycles. The quantitative estimate of drug-likeness (QED) is 0.858. The Morgan fingerprint density at radius 3 is 2.71 bits per heavy atom. The van der Waals surface area contributed by atoms with Gasteiger partial charge in [0.15, 0.2) is 0 Å². The summed E-state index contributed by atoms with van der Waals surface area (Å²) in [6, 6.07) is 3.77. The zero-order valence-electron chi connectivity index (χ0n) is 13.4. The van der Waals surface area contributed by atoms with E-state index in [4.69, 9.17) is 22.7 Å². The van der Waals surface area contributed by atoms with E-state index in [0.29, 0.717) is 28.6 Å². The van der Waals surface area contributed by atoms with E-state index in [1.54, 1.807) is 0 Å². The van der Waals surface area contributed by atoms with Crippen LogP contribution in [0.1, 0.15) is 51.3 Å². The molecule has 1 aromatic rings. The van der Waals surface area contributed by atoms with Gasteiger partial charge in [-0.25, -0.2) is 4.98 Å². The van der Waals surface area contributed by atoms with Gasteiger partial charge < -0.3 is 10.5 Å². The highest BCUT2D eigenvalue weighted by molar-refractivity contribution is 7.80. The molecule has 0 aliphatic heterocycles. The van der Waals surface area contributed by atoms with E-state index >= 15 is 0 Å². The Balaban J connectivity index is 2.20. The van der Waals surface area contributed by atoms with Crippen molar-refractivity contribution in [1.82, 2.24) is 4.98 Å². The summed E-state index contributed by atoms with van der Waals surface area (Å²) in [4.78, 5) is 4.88. The molecule has 0 bridgehead atoms. The Morgan fingerprint density at radius 2 is 2.10 bits per heavy atom. The Kier molecular flexibility index (Phi) is 5.20. The fraction of sp³-hybridized carbons (Fsp3) is 0.647. The monoisotopic (exact) mass is 306 g/mol. The highest BCUT2D eigenvalue weighted by Gasteiger charge is 2.32. The highest BCUT2D eigenvalue weighted by Crippen LogP contribution is 2.35. The zero-order valence-corrected chi connectivity index (χ0v) is 14.2. The molecule has 1 aliphatic carbocycles. The van der Waals surface area contributed by atoms with E-state index < -0.39 is 0 Å². The molecular weight excluding hydrogens is 280 g/mol. The van der Waals surface area contributed by atoms with Gasteiger partial charge in [-0.2, -0.15) is 0 Å². The van der Waals surface area contributed by atoms with Crippen LogP contribution in [0.15, 0.2) is 12.1 Å². The van der Waals surface area contributed by atoms with Crippen molar-refractivity contribution in [3.8, 4) is 5.88 Å². The Bertz CT molecular complexity index is 516. The lowest BCUT2D eigenvalue weighted by atomic mass is 9.75. The van der Waals surface area contributed by atoms with E-state index in [0.717, 1.165) is 17.7 Å².